The number of fused-ring (bicyclic) bond motifs is 4. The summed E-state index contributed by atoms with van der Waals surface area (Å²) in [7, 11) is -3.49. The van der Waals surface area contributed by atoms with Crippen molar-refractivity contribution in [1.82, 2.24) is 13.9 Å². The summed E-state index contributed by atoms with van der Waals surface area (Å²) in [5.41, 5.74) is 2.37. The van der Waals surface area contributed by atoms with Gasteiger partial charge in [-0.3, -0.25) is 4.90 Å². The van der Waals surface area contributed by atoms with Crippen molar-refractivity contribution in [2.24, 2.45) is 5.92 Å². The molecule has 0 saturated carbocycles. The van der Waals surface area contributed by atoms with E-state index in [-0.39, 0.29) is 30.8 Å². The smallest absolute Gasteiger partial charge is 0.214 e. The van der Waals surface area contributed by atoms with Crippen LogP contribution in [-0.4, -0.2) is 84.5 Å². The molecule has 2 fully saturated rings. The van der Waals surface area contributed by atoms with E-state index in [0.717, 1.165) is 62.1 Å². The maximum Gasteiger partial charge on any atom is 0.214 e. The van der Waals surface area contributed by atoms with Crippen LogP contribution < -0.4 is 14.2 Å². The van der Waals surface area contributed by atoms with Gasteiger partial charge in [-0.1, -0.05) is 6.07 Å². The van der Waals surface area contributed by atoms with Crippen molar-refractivity contribution in [1.29, 1.82) is 0 Å². The van der Waals surface area contributed by atoms with Gasteiger partial charge in [0.1, 0.15) is 0 Å². The van der Waals surface area contributed by atoms with Crippen LogP contribution in [0.25, 0.3) is 0 Å². The molecule has 0 radical (unpaired) electrons. The van der Waals surface area contributed by atoms with Gasteiger partial charge in [0, 0.05) is 43.8 Å². The van der Waals surface area contributed by atoms with E-state index in [9.17, 15) is 16.8 Å². The van der Waals surface area contributed by atoms with Crippen molar-refractivity contribution in [2.45, 2.75) is 44.2 Å². The van der Waals surface area contributed by atoms with Crippen LogP contribution >= 0.6 is 0 Å². The highest BCUT2D eigenvalue weighted by molar-refractivity contribution is 7.89. The van der Waals surface area contributed by atoms with Crippen LogP contribution in [0.2, 0.25) is 0 Å². The van der Waals surface area contributed by atoms with Crippen molar-refractivity contribution >= 4 is 20.0 Å². The number of rotatable bonds is 8. The number of nitrogens with zero attached hydrogens (tertiary/aromatic N) is 2. The SMILES string of the molecule is COc1ccc2c(c1OC)CCN1C[C@H]3CCCN(S(=O)(=O)CCCNS(C)(=O)=O)[C@H]3C[C@@H]21. The van der Waals surface area contributed by atoms with Gasteiger partial charge in [0.25, 0.3) is 0 Å². The summed E-state index contributed by atoms with van der Waals surface area (Å²) in [4.78, 5) is 2.50. The van der Waals surface area contributed by atoms with Crippen molar-refractivity contribution in [2.75, 3.05) is 52.4 Å². The Kier molecular flexibility index (Phi) is 7.26. The maximum atomic E-state index is 13.3. The van der Waals surface area contributed by atoms with E-state index in [2.05, 4.69) is 15.7 Å². The lowest BCUT2D eigenvalue weighted by atomic mass is 9.77. The first kappa shape index (κ1) is 24.7. The molecule has 3 aliphatic heterocycles. The lowest BCUT2D eigenvalue weighted by Crippen LogP contribution is -2.57. The first-order valence-corrected chi connectivity index (χ1v) is 15.1. The zero-order valence-corrected chi connectivity index (χ0v) is 21.3. The summed E-state index contributed by atoms with van der Waals surface area (Å²) in [6.45, 7) is 2.49. The molecule has 2 saturated heterocycles. The molecule has 3 aliphatic rings. The second kappa shape index (κ2) is 9.69. The average Bonchev–Trinajstić information content (AvgIpc) is 2.78. The molecule has 0 amide bonds. The number of hydrogen-bond acceptors (Lipinski definition) is 7. The molecule has 11 heteroatoms. The van der Waals surface area contributed by atoms with Crippen LogP contribution in [0, 0.1) is 5.92 Å². The molecule has 33 heavy (non-hydrogen) atoms. The lowest BCUT2D eigenvalue weighted by molar-refractivity contribution is 0.0216. The molecular formula is C22H35N3O6S2. The topological polar surface area (TPSA) is 105 Å². The number of benzene rings is 1. The van der Waals surface area contributed by atoms with Gasteiger partial charge in [-0.05, 0) is 49.7 Å². The monoisotopic (exact) mass is 501 g/mol. The van der Waals surface area contributed by atoms with Gasteiger partial charge in [0.15, 0.2) is 11.5 Å². The minimum absolute atomic E-state index is 0.0353. The van der Waals surface area contributed by atoms with Crippen molar-refractivity contribution in [3.63, 3.8) is 0 Å². The zero-order chi connectivity index (χ0) is 23.8. The molecule has 0 spiro atoms. The zero-order valence-electron chi connectivity index (χ0n) is 19.6. The van der Waals surface area contributed by atoms with Gasteiger partial charge in [-0.2, -0.15) is 4.31 Å². The van der Waals surface area contributed by atoms with Gasteiger partial charge in [0.05, 0.1) is 26.2 Å². The first-order valence-electron chi connectivity index (χ1n) is 11.6. The minimum atomic E-state index is -3.47. The van der Waals surface area contributed by atoms with Crippen molar-refractivity contribution in [3.05, 3.63) is 23.3 Å². The van der Waals surface area contributed by atoms with Crippen molar-refractivity contribution < 1.29 is 26.3 Å². The van der Waals surface area contributed by atoms with Gasteiger partial charge in [0.2, 0.25) is 20.0 Å². The molecule has 1 N–H and O–H groups in total. The van der Waals surface area contributed by atoms with Crippen LogP contribution in [0.4, 0.5) is 0 Å². The summed E-state index contributed by atoms with van der Waals surface area (Å²) in [6, 6.07) is 4.16. The molecular weight excluding hydrogens is 466 g/mol. The van der Waals surface area contributed by atoms with Crippen LogP contribution in [0.5, 0.6) is 11.5 Å². The van der Waals surface area contributed by atoms with Crippen LogP contribution in [0.1, 0.15) is 42.9 Å². The lowest BCUT2D eigenvalue weighted by Gasteiger charge is -2.51. The molecule has 4 rings (SSSR count). The molecule has 3 heterocycles. The van der Waals surface area contributed by atoms with E-state index in [1.54, 1.807) is 18.5 Å². The minimum Gasteiger partial charge on any atom is -0.493 e. The van der Waals surface area contributed by atoms with Gasteiger partial charge < -0.3 is 9.47 Å². The maximum absolute atomic E-state index is 13.3. The Morgan fingerprint density at radius 1 is 1.12 bits per heavy atom. The van der Waals surface area contributed by atoms with E-state index in [0.29, 0.717) is 12.5 Å². The molecule has 3 atom stereocenters. The number of hydrogen-bond donors (Lipinski definition) is 1. The van der Waals surface area contributed by atoms with Gasteiger partial charge >= 0.3 is 0 Å². The summed E-state index contributed by atoms with van der Waals surface area (Å²) in [5.74, 6) is 1.78. The number of nitrogens with one attached hydrogen (secondary N) is 1. The van der Waals surface area contributed by atoms with Crippen LogP contribution in [-0.2, 0) is 26.5 Å². The van der Waals surface area contributed by atoms with E-state index < -0.39 is 20.0 Å². The summed E-state index contributed by atoms with van der Waals surface area (Å²) in [5, 5.41) is 0. The highest BCUT2D eigenvalue weighted by Crippen LogP contribution is 2.47. The Labute approximate surface area is 197 Å². The number of methoxy groups -OCH3 is 2. The normalized spacial score (nSPS) is 26.2. The predicted molar refractivity (Wildman–Crippen MR) is 127 cm³/mol. The van der Waals surface area contributed by atoms with E-state index >= 15 is 0 Å². The highest BCUT2D eigenvalue weighted by atomic mass is 32.2. The highest BCUT2D eigenvalue weighted by Gasteiger charge is 2.46. The molecule has 0 aromatic heterocycles. The Morgan fingerprint density at radius 3 is 2.61 bits per heavy atom. The molecule has 186 valence electrons. The second-order valence-corrected chi connectivity index (χ2v) is 13.2. The van der Waals surface area contributed by atoms with E-state index in [1.807, 2.05) is 6.07 Å². The molecule has 0 unspecified atom stereocenters. The molecule has 1 aromatic carbocycles. The third-order valence-electron chi connectivity index (χ3n) is 7.24. The standard InChI is InChI=1S/C22H35N3O6S2/c1-30-21-8-7-17-18(22(21)31-2)9-12-24-15-16-6-4-11-25(19(16)14-20(17)24)33(28,29)13-5-10-23-32(3,26)27/h7-8,16,19-20,23H,4-6,9-15H2,1-3H3/t16-,19+,20+/m1/s1. The van der Waals surface area contributed by atoms with Crippen LogP contribution in [0.15, 0.2) is 12.1 Å². The molecule has 1 aromatic rings. The Hall–Kier alpha value is -1.40. The number of piperidine rings is 2. The van der Waals surface area contributed by atoms with Gasteiger partial charge in [-0.25, -0.2) is 21.6 Å². The fourth-order valence-corrected chi connectivity index (χ4v) is 8.15. The average molecular weight is 502 g/mol. The largest absolute Gasteiger partial charge is 0.493 e. The molecule has 0 bridgehead atoms. The predicted octanol–water partition coefficient (Wildman–Crippen LogP) is 1.36. The second-order valence-electron chi connectivity index (χ2n) is 9.28. The third kappa shape index (κ3) is 5.17. The number of sulfonamides is 2. The van der Waals surface area contributed by atoms with E-state index in [1.165, 1.54) is 5.56 Å². The molecule has 0 aliphatic carbocycles. The fourth-order valence-electron chi connectivity index (χ4n) is 5.81. The quantitative estimate of drug-likeness (QED) is 0.536. The van der Waals surface area contributed by atoms with Gasteiger partial charge in [-0.15, -0.1) is 0 Å². The van der Waals surface area contributed by atoms with E-state index in [4.69, 9.17) is 9.47 Å². The summed E-state index contributed by atoms with van der Waals surface area (Å²) in [6.07, 6.45) is 4.89. The number of ether oxygens (including phenoxy) is 2. The Balaban J connectivity index is 1.54. The summed E-state index contributed by atoms with van der Waals surface area (Å²) >= 11 is 0. The Bertz CT molecular complexity index is 1080. The summed E-state index contributed by atoms with van der Waals surface area (Å²) < 4.78 is 64.3. The van der Waals surface area contributed by atoms with Crippen molar-refractivity contribution in [3.8, 4) is 11.5 Å². The van der Waals surface area contributed by atoms with Crippen LogP contribution in [0.3, 0.4) is 0 Å². The fraction of sp³-hybridized carbons (Fsp3) is 0.727. The first-order chi connectivity index (χ1) is 15.6. The molecule has 9 nitrogen and oxygen atoms in total. The Morgan fingerprint density at radius 2 is 1.91 bits per heavy atom. The third-order valence-corrected chi connectivity index (χ3v) is 9.94.